The summed E-state index contributed by atoms with van der Waals surface area (Å²) in [5.41, 5.74) is -0.226. The van der Waals surface area contributed by atoms with Gasteiger partial charge in [0, 0.05) is 19.2 Å². The Kier molecular flexibility index (Phi) is 6.13. The topological polar surface area (TPSA) is 117 Å². The van der Waals surface area contributed by atoms with E-state index in [4.69, 9.17) is 24.1 Å². The molecule has 25 heavy (non-hydrogen) atoms. The number of nitro groups is 1. The molecule has 2 rings (SSSR count). The molecule has 0 aromatic heterocycles. The number of aliphatic carboxylic acids is 1. The van der Waals surface area contributed by atoms with Gasteiger partial charge in [0.2, 0.25) is 5.75 Å². The van der Waals surface area contributed by atoms with Crippen molar-refractivity contribution in [2.45, 2.75) is 0 Å². The smallest absolute Gasteiger partial charge is 0.341 e. The van der Waals surface area contributed by atoms with E-state index in [0.29, 0.717) is 17.2 Å². The molecule has 0 radical (unpaired) electrons. The third kappa shape index (κ3) is 5.36. The van der Waals surface area contributed by atoms with Crippen LogP contribution >= 0.6 is 0 Å². The molecule has 0 saturated carbocycles. The molecule has 0 aliphatic heterocycles. The number of rotatable bonds is 9. The Hall–Kier alpha value is -3.33. The minimum absolute atomic E-state index is 0.00203. The molecule has 0 aliphatic carbocycles. The molecule has 0 aliphatic rings. The average Bonchev–Trinajstić information content (AvgIpc) is 2.59. The standard InChI is InChI=1S/C16H15NO8/c1-22-10-24-13-6-7-14(17(20)21)15(8-13)25-12-4-2-11(3-5-12)23-9-16(18)19/h2-8H,9-10H2,1H3,(H,18,19). The molecule has 0 amide bonds. The minimum Gasteiger partial charge on any atom is -0.482 e. The number of benzene rings is 2. The van der Waals surface area contributed by atoms with Gasteiger partial charge in [-0.1, -0.05) is 0 Å². The molecule has 0 unspecified atom stereocenters. The summed E-state index contributed by atoms with van der Waals surface area (Å²) in [7, 11) is 1.46. The highest BCUT2D eigenvalue weighted by Crippen LogP contribution is 2.35. The highest BCUT2D eigenvalue weighted by atomic mass is 16.7. The molecule has 2 aromatic carbocycles. The van der Waals surface area contributed by atoms with Gasteiger partial charge in [-0.3, -0.25) is 10.1 Å². The van der Waals surface area contributed by atoms with Crippen LogP contribution in [0, 0.1) is 10.1 Å². The summed E-state index contributed by atoms with van der Waals surface area (Å²) in [5, 5.41) is 19.7. The van der Waals surface area contributed by atoms with Crippen LogP contribution in [0.25, 0.3) is 0 Å². The maximum Gasteiger partial charge on any atom is 0.341 e. The number of carboxylic acid groups (broad SMARTS) is 1. The Morgan fingerprint density at radius 3 is 2.32 bits per heavy atom. The van der Waals surface area contributed by atoms with Gasteiger partial charge in [0.25, 0.3) is 0 Å². The highest BCUT2D eigenvalue weighted by molar-refractivity contribution is 5.68. The summed E-state index contributed by atoms with van der Waals surface area (Å²) < 4.78 is 20.6. The first-order valence-electron chi connectivity index (χ1n) is 7.02. The molecular formula is C16H15NO8. The predicted octanol–water partition coefficient (Wildman–Crippen LogP) is 2.83. The zero-order valence-corrected chi connectivity index (χ0v) is 13.2. The first-order chi connectivity index (χ1) is 12.0. The first kappa shape index (κ1) is 18.0. The summed E-state index contributed by atoms with van der Waals surface area (Å²) in [6.45, 7) is -0.475. The monoisotopic (exact) mass is 349 g/mol. The predicted molar refractivity (Wildman–Crippen MR) is 85.2 cm³/mol. The maximum absolute atomic E-state index is 11.1. The molecule has 9 nitrogen and oxygen atoms in total. The fraction of sp³-hybridized carbons (Fsp3) is 0.188. The number of nitrogens with zero attached hydrogens (tertiary/aromatic N) is 1. The van der Waals surface area contributed by atoms with E-state index in [9.17, 15) is 14.9 Å². The van der Waals surface area contributed by atoms with Gasteiger partial charge in [-0.2, -0.15) is 0 Å². The van der Waals surface area contributed by atoms with E-state index >= 15 is 0 Å². The number of carbonyl (C=O) groups is 1. The lowest BCUT2D eigenvalue weighted by Gasteiger charge is -2.10. The number of hydrogen-bond donors (Lipinski definition) is 1. The molecule has 1 N–H and O–H groups in total. The lowest BCUT2D eigenvalue weighted by Crippen LogP contribution is -2.09. The largest absolute Gasteiger partial charge is 0.482 e. The molecule has 0 heterocycles. The van der Waals surface area contributed by atoms with E-state index in [1.807, 2.05) is 0 Å². The summed E-state index contributed by atoms with van der Waals surface area (Å²) in [5.74, 6) is -0.0958. The lowest BCUT2D eigenvalue weighted by molar-refractivity contribution is -0.385. The van der Waals surface area contributed by atoms with Gasteiger partial charge in [-0.25, -0.2) is 4.79 Å². The second-order valence-corrected chi connectivity index (χ2v) is 4.69. The molecular weight excluding hydrogens is 334 g/mol. The molecule has 0 atom stereocenters. The summed E-state index contributed by atoms with van der Waals surface area (Å²) in [6, 6.07) is 10.1. The van der Waals surface area contributed by atoms with Crippen molar-refractivity contribution < 1.29 is 33.8 Å². The highest BCUT2D eigenvalue weighted by Gasteiger charge is 2.17. The van der Waals surface area contributed by atoms with Crippen LogP contribution in [0.1, 0.15) is 0 Å². The Labute approximate surface area is 142 Å². The van der Waals surface area contributed by atoms with Gasteiger partial charge in [0.1, 0.15) is 17.2 Å². The Morgan fingerprint density at radius 1 is 1.08 bits per heavy atom. The lowest BCUT2D eigenvalue weighted by atomic mass is 10.2. The Balaban J connectivity index is 2.16. The van der Waals surface area contributed by atoms with Crippen molar-refractivity contribution in [2.75, 3.05) is 20.5 Å². The fourth-order valence-electron chi connectivity index (χ4n) is 1.82. The number of nitro benzene ring substituents is 1. The third-order valence-corrected chi connectivity index (χ3v) is 2.89. The van der Waals surface area contributed by atoms with Crippen LogP contribution in [-0.4, -0.2) is 36.5 Å². The SMILES string of the molecule is COCOc1ccc([N+](=O)[O-])c(Oc2ccc(OCC(=O)O)cc2)c1. The fourth-order valence-corrected chi connectivity index (χ4v) is 1.82. The van der Waals surface area contributed by atoms with E-state index in [1.54, 1.807) is 0 Å². The van der Waals surface area contributed by atoms with Crippen molar-refractivity contribution in [2.24, 2.45) is 0 Å². The minimum atomic E-state index is -1.09. The van der Waals surface area contributed by atoms with Crippen LogP contribution < -0.4 is 14.2 Å². The molecule has 9 heteroatoms. The summed E-state index contributed by atoms with van der Waals surface area (Å²) in [6.07, 6.45) is 0. The van der Waals surface area contributed by atoms with Crippen LogP contribution in [0.2, 0.25) is 0 Å². The van der Waals surface area contributed by atoms with E-state index in [2.05, 4.69) is 0 Å². The van der Waals surface area contributed by atoms with Gasteiger partial charge >= 0.3 is 11.7 Å². The Morgan fingerprint density at radius 2 is 1.72 bits per heavy atom. The van der Waals surface area contributed by atoms with E-state index < -0.39 is 17.5 Å². The van der Waals surface area contributed by atoms with Crippen LogP contribution in [0.5, 0.6) is 23.0 Å². The molecule has 0 spiro atoms. The van der Waals surface area contributed by atoms with Crippen molar-refractivity contribution in [3.63, 3.8) is 0 Å². The number of hydrogen-bond acceptors (Lipinski definition) is 7. The van der Waals surface area contributed by atoms with Crippen LogP contribution in [0.3, 0.4) is 0 Å². The van der Waals surface area contributed by atoms with Gasteiger partial charge in [-0.15, -0.1) is 0 Å². The normalized spacial score (nSPS) is 10.1. The summed E-state index contributed by atoms with van der Waals surface area (Å²) >= 11 is 0. The zero-order valence-electron chi connectivity index (χ0n) is 13.2. The average molecular weight is 349 g/mol. The molecule has 0 saturated heterocycles. The zero-order chi connectivity index (χ0) is 18.2. The third-order valence-electron chi connectivity index (χ3n) is 2.89. The number of carboxylic acids is 1. The first-order valence-corrected chi connectivity index (χ1v) is 7.02. The quantitative estimate of drug-likeness (QED) is 0.417. The van der Waals surface area contributed by atoms with Crippen LogP contribution in [-0.2, 0) is 9.53 Å². The van der Waals surface area contributed by atoms with Gasteiger partial charge in [-0.05, 0) is 30.3 Å². The second kappa shape index (κ2) is 8.50. The number of methoxy groups -OCH3 is 1. The summed E-state index contributed by atoms with van der Waals surface area (Å²) in [4.78, 5) is 21.0. The van der Waals surface area contributed by atoms with E-state index in [1.165, 1.54) is 49.6 Å². The van der Waals surface area contributed by atoms with Crippen molar-refractivity contribution >= 4 is 11.7 Å². The molecule has 2 aromatic rings. The van der Waals surface area contributed by atoms with Crippen LogP contribution in [0.4, 0.5) is 5.69 Å². The maximum atomic E-state index is 11.1. The molecule has 132 valence electrons. The Bertz CT molecular complexity index is 744. The van der Waals surface area contributed by atoms with Crippen molar-refractivity contribution in [3.05, 3.63) is 52.6 Å². The van der Waals surface area contributed by atoms with Gasteiger partial charge in [0.15, 0.2) is 13.4 Å². The van der Waals surface area contributed by atoms with E-state index in [-0.39, 0.29) is 18.2 Å². The number of ether oxygens (including phenoxy) is 4. The van der Waals surface area contributed by atoms with Crippen molar-refractivity contribution in [1.29, 1.82) is 0 Å². The van der Waals surface area contributed by atoms with E-state index in [0.717, 1.165) is 0 Å². The molecule has 0 fully saturated rings. The van der Waals surface area contributed by atoms with Crippen LogP contribution in [0.15, 0.2) is 42.5 Å². The second-order valence-electron chi connectivity index (χ2n) is 4.69. The van der Waals surface area contributed by atoms with Crippen molar-refractivity contribution in [3.8, 4) is 23.0 Å². The molecule has 0 bridgehead atoms. The van der Waals surface area contributed by atoms with Gasteiger partial charge < -0.3 is 24.1 Å². The van der Waals surface area contributed by atoms with Crippen molar-refractivity contribution in [1.82, 2.24) is 0 Å². The van der Waals surface area contributed by atoms with Gasteiger partial charge in [0.05, 0.1) is 4.92 Å².